The molecule has 5 aromatic rings. The van der Waals surface area contributed by atoms with Crippen molar-refractivity contribution in [2.75, 3.05) is 46.1 Å². The molecule has 1 fully saturated rings. The zero-order chi connectivity index (χ0) is 50.5. The van der Waals surface area contributed by atoms with Gasteiger partial charge in [-0.05, 0) is 75.6 Å². The second-order valence-electron chi connectivity index (χ2n) is 20.3. The molecule has 0 saturated carbocycles. The SMILES string of the molecule is Cc1ncsc1-c1ccc([C@H](C)NC(=O)[C@@H]2C[C@@H](O)CN2C(=O)[C@@H](NC(=O)COCCCOCCCOc2cc(F)c([C@@H]3c4[nH]c5ccccc5c4C[C@@H](C)N3CC(C)(C)F)c(F)c2)C(C)(C)C)cc1. The molecule has 4 N–H and O–H groups in total. The van der Waals surface area contributed by atoms with Gasteiger partial charge in [-0.1, -0.05) is 63.2 Å². The molecule has 0 spiro atoms. The number of benzene rings is 3. The normalized spacial score (nSPS) is 19.5. The van der Waals surface area contributed by atoms with Crippen LogP contribution >= 0.6 is 11.3 Å². The van der Waals surface area contributed by atoms with Crippen molar-refractivity contribution in [1.82, 2.24) is 30.4 Å². The molecule has 6 atom stereocenters. The number of aliphatic hydroxyl groups excluding tert-OH is 1. The number of rotatable bonds is 20. The largest absolute Gasteiger partial charge is 0.493 e. The molecule has 0 aliphatic carbocycles. The first kappa shape index (κ1) is 52.5. The van der Waals surface area contributed by atoms with Gasteiger partial charge in [0.05, 0.1) is 40.9 Å². The summed E-state index contributed by atoms with van der Waals surface area (Å²) in [4.78, 5) is 52.8. The highest BCUT2D eigenvalue weighted by atomic mass is 32.1. The molecule has 2 aromatic heterocycles. The van der Waals surface area contributed by atoms with E-state index in [1.165, 1.54) is 30.9 Å². The molecule has 17 heteroatoms. The number of likely N-dealkylation sites (tertiary alicyclic amines) is 1. The van der Waals surface area contributed by atoms with Crippen molar-refractivity contribution in [3.8, 4) is 16.2 Å². The zero-order valence-electron chi connectivity index (χ0n) is 41.4. The van der Waals surface area contributed by atoms with E-state index in [-0.39, 0.29) is 62.7 Å². The van der Waals surface area contributed by atoms with Gasteiger partial charge in [0.25, 0.3) is 0 Å². The number of alkyl halides is 1. The van der Waals surface area contributed by atoms with Gasteiger partial charge >= 0.3 is 0 Å². The number of hydrogen-bond acceptors (Lipinski definition) is 10. The topological polar surface area (TPSA) is 158 Å². The van der Waals surface area contributed by atoms with Gasteiger partial charge in [0, 0.05) is 86.1 Å². The van der Waals surface area contributed by atoms with E-state index >= 15 is 13.2 Å². The highest BCUT2D eigenvalue weighted by molar-refractivity contribution is 7.13. The maximum Gasteiger partial charge on any atom is 0.246 e. The lowest BCUT2D eigenvalue weighted by atomic mass is 9.85. The van der Waals surface area contributed by atoms with Gasteiger partial charge in [-0.15, -0.1) is 11.3 Å². The summed E-state index contributed by atoms with van der Waals surface area (Å²) in [5.41, 5.74) is 4.66. The minimum atomic E-state index is -1.61. The summed E-state index contributed by atoms with van der Waals surface area (Å²) in [6, 6.07) is 14.6. The van der Waals surface area contributed by atoms with Crippen LogP contribution in [-0.4, -0.2) is 119 Å². The number of halogens is 3. The van der Waals surface area contributed by atoms with E-state index in [4.69, 9.17) is 14.2 Å². The number of aliphatic hydroxyl groups is 1. The lowest BCUT2D eigenvalue weighted by molar-refractivity contribution is -0.144. The van der Waals surface area contributed by atoms with Crippen molar-refractivity contribution in [2.45, 2.75) is 123 Å². The summed E-state index contributed by atoms with van der Waals surface area (Å²) in [6.45, 7) is 14.8. The Balaban J connectivity index is 0.833. The Kier molecular flexibility index (Phi) is 16.8. The highest BCUT2D eigenvalue weighted by Gasteiger charge is 2.45. The number of aromatic amines is 1. The number of aromatic nitrogens is 2. The average molecular weight is 989 g/mol. The van der Waals surface area contributed by atoms with Crippen LogP contribution in [0.2, 0.25) is 0 Å². The number of carbonyl (C=O) groups is 3. The number of ether oxygens (including phenoxy) is 3. The molecule has 378 valence electrons. The van der Waals surface area contributed by atoms with Gasteiger partial charge in [-0.3, -0.25) is 19.3 Å². The van der Waals surface area contributed by atoms with E-state index in [1.807, 2.05) is 95.0 Å². The summed E-state index contributed by atoms with van der Waals surface area (Å²) >= 11 is 1.56. The number of nitrogens with one attached hydrogen (secondary N) is 3. The molecule has 2 aliphatic rings. The minimum absolute atomic E-state index is 0.0184. The van der Waals surface area contributed by atoms with Crippen LogP contribution in [0.25, 0.3) is 21.3 Å². The Labute approximate surface area is 412 Å². The molecule has 70 heavy (non-hydrogen) atoms. The number of amides is 3. The fraction of sp³-hybridized carbons (Fsp3) is 0.509. The summed E-state index contributed by atoms with van der Waals surface area (Å²) < 4.78 is 64.3. The Bertz CT molecular complexity index is 2590. The average Bonchev–Trinajstić information content (AvgIpc) is 4.02. The second-order valence-corrected chi connectivity index (χ2v) is 21.2. The second kappa shape index (κ2) is 22.4. The number of nitrogens with zero attached hydrogens (tertiary/aromatic N) is 3. The van der Waals surface area contributed by atoms with Crippen molar-refractivity contribution >= 4 is 40.0 Å². The fourth-order valence-corrected chi connectivity index (χ4v) is 10.3. The molecule has 0 radical (unpaired) electrons. The zero-order valence-corrected chi connectivity index (χ0v) is 42.2. The van der Waals surface area contributed by atoms with Gasteiger partial charge in [0.1, 0.15) is 41.7 Å². The number of hydrogen-bond donors (Lipinski definition) is 4. The van der Waals surface area contributed by atoms with E-state index in [9.17, 15) is 19.5 Å². The van der Waals surface area contributed by atoms with E-state index in [0.29, 0.717) is 38.2 Å². The summed E-state index contributed by atoms with van der Waals surface area (Å²) in [7, 11) is 0. The van der Waals surface area contributed by atoms with Crippen LogP contribution in [0.3, 0.4) is 0 Å². The number of β-amino-alcohol motifs (C(OH)–C–C–N with tert-alkyl or cyclic N) is 1. The van der Waals surface area contributed by atoms with Crippen molar-refractivity contribution in [3.05, 3.63) is 106 Å². The van der Waals surface area contributed by atoms with E-state index in [0.717, 1.165) is 38.2 Å². The van der Waals surface area contributed by atoms with Crippen molar-refractivity contribution in [2.24, 2.45) is 5.41 Å². The summed E-state index contributed by atoms with van der Waals surface area (Å²) in [6.07, 6.45) is 0.682. The maximum atomic E-state index is 16.0. The van der Waals surface area contributed by atoms with Crippen molar-refractivity contribution < 1.29 is 46.9 Å². The molecule has 3 aromatic carbocycles. The molecular formula is C53H67F3N6O7S. The van der Waals surface area contributed by atoms with Crippen LogP contribution in [0.5, 0.6) is 5.75 Å². The first-order valence-electron chi connectivity index (χ1n) is 24.1. The lowest BCUT2D eigenvalue weighted by Gasteiger charge is -2.43. The summed E-state index contributed by atoms with van der Waals surface area (Å²) in [5.74, 6) is -2.89. The number of fused-ring (bicyclic) bond motifs is 3. The van der Waals surface area contributed by atoms with Crippen LogP contribution in [0, 0.1) is 24.0 Å². The molecule has 7 rings (SSSR count). The molecule has 2 aliphatic heterocycles. The summed E-state index contributed by atoms with van der Waals surface area (Å²) in [5, 5.41) is 17.4. The number of aryl methyl sites for hydroxylation is 1. The number of thiazole rings is 1. The van der Waals surface area contributed by atoms with Gasteiger partial charge < -0.3 is 39.8 Å². The third kappa shape index (κ3) is 12.6. The van der Waals surface area contributed by atoms with Gasteiger partial charge in [-0.25, -0.2) is 18.2 Å². The van der Waals surface area contributed by atoms with Crippen LogP contribution in [0.4, 0.5) is 13.2 Å². The molecular weight excluding hydrogens is 922 g/mol. The van der Waals surface area contributed by atoms with Crippen LogP contribution in [0.15, 0.2) is 66.2 Å². The monoisotopic (exact) mass is 988 g/mol. The first-order valence-corrected chi connectivity index (χ1v) is 25.0. The number of H-pyrrole nitrogens is 1. The van der Waals surface area contributed by atoms with Gasteiger partial charge in [-0.2, -0.15) is 0 Å². The van der Waals surface area contributed by atoms with E-state index in [1.54, 1.807) is 16.8 Å². The Morgan fingerprint density at radius 2 is 1.63 bits per heavy atom. The molecule has 1 saturated heterocycles. The van der Waals surface area contributed by atoms with Crippen molar-refractivity contribution in [3.63, 3.8) is 0 Å². The maximum absolute atomic E-state index is 16.0. The number of para-hydroxylation sites is 1. The van der Waals surface area contributed by atoms with Crippen LogP contribution in [0.1, 0.15) is 108 Å². The Morgan fingerprint density at radius 1 is 0.957 bits per heavy atom. The van der Waals surface area contributed by atoms with Gasteiger partial charge in [0.15, 0.2) is 0 Å². The van der Waals surface area contributed by atoms with E-state index in [2.05, 4.69) is 20.6 Å². The molecule has 0 bridgehead atoms. The Hall–Kier alpha value is -5.33. The number of carbonyl (C=O) groups excluding carboxylic acids is 3. The predicted octanol–water partition coefficient (Wildman–Crippen LogP) is 8.52. The third-order valence-corrected chi connectivity index (χ3v) is 14.0. The third-order valence-electron chi connectivity index (χ3n) is 13.0. The standard InChI is InChI=1S/C53H67F3N6O7S/c1-31-23-39-38-13-9-10-14-42(38)59-46(39)47(62(31)29-53(7,8)56)45-40(54)25-37(26-41(45)55)69-22-12-20-67-19-11-21-68-28-44(64)60-49(52(4,5)6)51(66)61-27-36(63)24-43(61)50(65)58-32(2)34-15-17-35(18-16-34)48-33(3)57-30-70-48/h9-10,13-18,25-26,30-32,36,43,47,49,59,63H,11-12,19-24,27-29H2,1-8H3,(H,58,65)(H,60,64)/t31-,32+,36-,43+,47-,49-/m1/s1. The lowest BCUT2D eigenvalue weighted by Crippen LogP contribution is -2.58. The predicted molar refractivity (Wildman–Crippen MR) is 264 cm³/mol. The fourth-order valence-electron chi connectivity index (χ4n) is 9.50. The minimum Gasteiger partial charge on any atom is -0.493 e. The van der Waals surface area contributed by atoms with Gasteiger partial charge in [0.2, 0.25) is 17.7 Å². The smallest absolute Gasteiger partial charge is 0.246 e. The molecule has 13 nitrogen and oxygen atoms in total. The molecule has 4 heterocycles. The van der Waals surface area contributed by atoms with Crippen LogP contribution < -0.4 is 15.4 Å². The van der Waals surface area contributed by atoms with Crippen molar-refractivity contribution in [1.29, 1.82) is 0 Å². The quantitative estimate of drug-likeness (QED) is 0.0562. The first-order chi connectivity index (χ1) is 33.2. The Morgan fingerprint density at radius 3 is 2.29 bits per heavy atom. The molecule has 3 amide bonds. The molecule has 0 unspecified atom stereocenters. The van der Waals surface area contributed by atoms with Crippen LogP contribution in [-0.2, 0) is 30.3 Å². The highest BCUT2D eigenvalue weighted by Crippen LogP contribution is 2.44. The van der Waals surface area contributed by atoms with E-state index < -0.39 is 64.7 Å².